The van der Waals surface area contributed by atoms with Gasteiger partial charge in [-0.15, -0.1) is 0 Å². The summed E-state index contributed by atoms with van der Waals surface area (Å²) in [5.74, 6) is -1.32. The van der Waals surface area contributed by atoms with Crippen molar-refractivity contribution in [3.63, 3.8) is 0 Å². The van der Waals surface area contributed by atoms with Crippen LogP contribution in [-0.2, 0) is 24.2 Å². The molecule has 0 saturated carbocycles. The first-order valence-electron chi connectivity index (χ1n) is 8.26. The molecule has 1 aliphatic rings. The minimum absolute atomic E-state index is 0.0262. The summed E-state index contributed by atoms with van der Waals surface area (Å²) >= 11 is 0. The molecule has 0 aromatic heterocycles. The fraction of sp³-hybridized carbons (Fsp3) is 0.471. The molecule has 1 saturated heterocycles. The predicted octanol–water partition coefficient (Wildman–Crippen LogP) is 0.837. The minimum atomic E-state index is -3.16. The SMILES string of the molecule is CCOC(=O)c1ccc(NC(=O)CN(C(C)=O)C2CCS(=O)(=O)C2)cc1. The van der Waals surface area contributed by atoms with Crippen molar-refractivity contribution in [1.82, 2.24) is 4.90 Å². The molecule has 0 bridgehead atoms. The number of esters is 1. The highest BCUT2D eigenvalue weighted by Gasteiger charge is 2.34. The smallest absolute Gasteiger partial charge is 0.338 e. The van der Waals surface area contributed by atoms with Gasteiger partial charge in [0, 0.05) is 18.7 Å². The van der Waals surface area contributed by atoms with Crippen molar-refractivity contribution in [2.24, 2.45) is 0 Å². The first kappa shape index (κ1) is 19.9. The molecule has 142 valence electrons. The molecule has 0 aliphatic carbocycles. The number of benzene rings is 1. The van der Waals surface area contributed by atoms with Gasteiger partial charge in [-0.25, -0.2) is 13.2 Å². The lowest BCUT2D eigenvalue weighted by Crippen LogP contribution is -2.44. The summed E-state index contributed by atoms with van der Waals surface area (Å²) in [7, 11) is -3.16. The number of anilines is 1. The van der Waals surface area contributed by atoms with Gasteiger partial charge in [0.05, 0.1) is 23.7 Å². The molecular formula is C17H22N2O6S. The van der Waals surface area contributed by atoms with Crippen LogP contribution in [0.5, 0.6) is 0 Å². The number of ether oxygens (including phenoxy) is 1. The van der Waals surface area contributed by atoms with Crippen LogP contribution in [-0.4, -0.2) is 61.8 Å². The topological polar surface area (TPSA) is 110 Å². The number of hydrogen-bond donors (Lipinski definition) is 1. The van der Waals surface area contributed by atoms with Crippen molar-refractivity contribution >= 4 is 33.3 Å². The summed E-state index contributed by atoms with van der Waals surface area (Å²) in [6.45, 7) is 3.07. The number of sulfone groups is 1. The zero-order chi connectivity index (χ0) is 19.3. The Balaban J connectivity index is 1.98. The van der Waals surface area contributed by atoms with Crippen molar-refractivity contribution in [1.29, 1.82) is 0 Å². The summed E-state index contributed by atoms with van der Waals surface area (Å²) in [6, 6.07) is 5.69. The van der Waals surface area contributed by atoms with Crippen molar-refractivity contribution in [3.05, 3.63) is 29.8 Å². The van der Waals surface area contributed by atoms with Crippen molar-refractivity contribution in [3.8, 4) is 0 Å². The lowest BCUT2D eigenvalue weighted by Gasteiger charge is -2.26. The Morgan fingerprint density at radius 1 is 1.23 bits per heavy atom. The van der Waals surface area contributed by atoms with Crippen LogP contribution >= 0.6 is 0 Å². The Bertz CT molecular complexity index is 788. The molecule has 1 aliphatic heterocycles. The van der Waals surface area contributed by atoms with Crippen LogP contribution in [0, 0.1) is 0 Å². The van der Waals surface area contributed by atoms with E-state index in [4.69, 9.17) is 4.74 Å². The fourth-order valence-electron chi connectivity index (χ4n) is 2.78. The molecule has 0 spiro atoms. The molecule has 26 heavy (non-hydrogen) atoms. The molecule has 2 rings (SSSR count). The molecule has 1 heterocycles. The maximum absolute atomic E-state index is 12.2. The summed E-state index contributed by atoms with van der Waals surface area (Å²) in [6.07, 6.45) is 0.337. The van der Waals surface area contributed by atoms with Gasteiger partial charge in [-0.3, -0.25) is 9.59 Å². The van der Waals surface area contributed by atoms with Crippen molar-refractivity contribution < 1.29 is 27.5 Å². The Morgan fingerprint density at radius 3 is 2.38 bits per heavy atom. The number of hydrogen-bond acceptors (Lipinski definition) is 6. The van der Waals surface area contributed by atoms with E-state index < -0.39 is 27.8 Å². The normalized spacial score (nSPS) is 18.2. The van der Waals surface area contributed by atoms with E-state index in [0.717, 1.165) is 0 Å². The van der Waals surface area contributed by atoms with Gasteiger partial charge in [0.15, 0.2) is 9.84 Å². The summed E-state index contributed by atoms with van der Waals surface area (Å²) < 4.78 is 28.1. The average molecular weight is 382 g/mol. The minimum Gasteiger partial charge on any atom is -0.462 e. The van der Waals surface area contributed by atoms with Crippen LogP contribution in [0.4, 0.5) is 5.69 Å². The zero-order valence-electron chi connectivity index (χ0n) is 14.7. The van der Waals surface area contributed by atoms with Gasteiger partial charge in [0.25, 0.3) is 0 Å². The molecule has 1 N–H and O–H groups in total. The number of rotatable bonds is 6. The van der Waals surface area contributed by atoms with Crippen LogP contribution in [0.1, 0.15) is 30.6 Å². The lowest BCUT2D eigenvalue weighted by atomic mass is 10.2. The molecule has 1 unspecified atom stereocenters. The van der Waals surface area contributed by atoms with Crippen LogP contribution in [0.25, 0.3) is 0 Å². The summed E-state index contributed by atoms with van der Waals surface area (Å²) in [4.78, 5) is 36.9. The van der Waals surface area contributed by atoms with Crippen LogP contribution < -0.4 is 5.32 Å². The molecule has 0 radical (unpaired) electrons. The second-order valence-corrected chi connectivity index (χ2v) is 8.28. The summed E-state index contributed by atoms with van der Waals surface area (Å²) in [5, 5.41) is 2.64. The van der Waals surface area contributed by atoms with E-state index >= 15 is 0 Å². The Hall–Kier alpha value is -2.42. The third-order valence-electron chi connectivity index (χ3n) is 4.05. The van der Waals surface area contributed by atoms with Gasteiger partial charge in [-0.2, -0.15) is 0 Å². The van der Waals surface area contributed by atoms with Crippen molar-refractivity contribution in [2.45, 2.75) is 26.3 Å². The molecule has 1 fully saturated rings. The first-order valence-corrected chi connectivity index (χ1v) is 10.1. The Labute approximate surface area is 152 Å². The molecule has 8 nitrogen and oxygen atoms in total. The van der Waals surface area contributed by atoms with E-state index in [1.807, 2.05) is 0 Å². The Kier molecular flexibility index (Phi) is 6.36. The third kappa shape index (κ3) is 5.29. The summed E-state index contributed by atoms with van der Waals surface area (Å²) in [5.41, 5.74) is 0.831. The molecule has 1 atom stereocenters. The van der Waals surface area contributed by atoms with Crippen LogP contribution in [0.2, 0.25) is 0 Å². The first-order chi connectivity index (χ1) is 12.2. The highest BCUT2D eigenvalue weighted by atomic mass is 32.2. The monoisotopic (exact) mass is 382 g/mol. The van der Waals surface area contributed by atoms with E-state index in [1.165, 1.54) is 24.0 Å². The number of nitrogens with one attached hydrogen (secondary N) is 1. The van der Waals surface area contributed by atoms with E-state index in [2.05, 4.69) is 5.32 Å². The maximum atomic E-state index is 12.2. The van der Waals surface area contributed by atoms with Gasteiger partial charge in [-0.05, 0) is 37.6 Å². The maximum Gasteiger partial charge on any atom is 0.338 e. The quantitative estimate of drug-likeness (QED) is 0.730. The largest absolute Gasteiger partial charge is 0.462 e. The zero-order valence-corrected chi connectivity index (χ0v) is 15.5. The van der Waals surface area contributed by atoms with E-state index in [9.17, 15) is 22.8 Å². The van der Waals surface area contributed by atoms with Gasteiger partial charge in [0.2, 0.25) is 11.8 Å². The standard InChI is InChI=1S/C17H22N2O6S/c1-3-25-17(22)13-4-6-14(7-5-13)18-16(21)10-19(12(2)20)15-8-9-26(23,24)11-15/h4-7,15H,3,8-11H2,1-2H3,(H,18,21). The number of carbonyl (C=O) groups is 3. The van der Waals surface area contributed by atoms with E-state index in [0.29, 0.717) is 17.7 Å². The lowest BCUT2D eigenvalue weighted by molar-refractivity contribution is -0.134. The van der Waals surface area contributed by atoms with Gasteiger partial charge in [0.1, 0.15) is 6.54 Å². The number of amides is 2. The molecule has 1 aromatic carbocycles. The number of nitrogens with zero attached hydrogens (tertiary/aromatic N) is 1. The van der Waals surface area contributed by atoms with E-state index in [-0.39, 0.29) is 30.6 Å². The number of carbonyl (C=O) groups excluding carboxylic acids is 3. The van der Waals surface area contributed by atoms with E-state index in [1.54, 1.807) is 19.1 Å². The Morgan fingerprint density at radius 2 is 1.88 bits per heavy atom. The van der Waals surface area contributed by atoms with Crippen molar-refractivity contribution in [2.75, 3.05) is 30.0 Å². The fourth-order valence-corrected chi connectivity index (χ4v) is 4.51. The molecule has 2 amide bonds. The highest BCUT2D eigenvalue weighted by molar-refractivity contribution is 7.91. The third-order valence-corrected chi connectivity index (χ3v) is 5.80. The van der Waals surface area contributed by atoms with Crippen LogP contribution in [0.15, 0.2) is 24.3 Å². The highest BCUT2D eigenvalue weighted by Crippen LogP contribution is 2.18. The van der Waals surface area contributed by atoms with Gasteiger partial charge < -0.3 is 15.0 Å². The molecule has 1 aromatic rings. The van der Waals surface area contributed by atoms with Gasteiger partial charge in [-0.1, -0.05) is 0 Å². The second-order valence-electron chi connectivity index (χ2n) is 6.05. The second kappa shape index (κ2) is 8.31. The molecular weight excluding hydrogens is 360 g/mol. The molecule has 9 heteroatoms. The average Bonchev–Trinajstić information content (AvgIpc) is 2.93. The van der Waals surface area contributed by atoms with Gasteiger partial charge >= 0.3 is 5.97 Å². The predicted molar refractivity (Wildman–Crippen MR) is 95.5 cm³/mol. The van der Waals surface area contributed by atoms with Crippen LogP contribution in [0.3, 0.4) is 0 Å².